The Bertz CT molecular complexity index is 763. The van der Waals surface area contributed by atoms with Crippen molar-refractivity contribution in [3.63, 3.8) is 0 Å². The molecular weight excluding hydrogens is 284 g/mol. The van der Waals surface area contributed by atoms with Gasteiger partial charge in [0.15, 0.2) is 0 Å². The van der Waals surface area contributed by atoms with Crippen molar-refractivity contribution in [2.75, 3.05) is 0 Å². The Kier molecular flexibility index (Phi) is 3.48. The summed E-state index contributed by atoms with van der Waals surface area (Å²) in [6.45, 7) is 3.90. The van der Waals surface area contributed by atoms with E-state index >= 15 is 0 Å². The zero-order valence-corrected chi connectivity index (χ0v) is 13.3. The van der Waals surface area contributed by atoms with Gasteiger partial charge >= 0.3 is 5.97 Å². The fourth-order valence-electron chi connectivity index (χ4n) is 4.59. The molecule has 2 aliphatic rings. The Balaban J connectivity index is 1.72. The van der Waals surface area contributed by atoms with E-state index in [2.05, 4.69) is 49.0 Å². The smallest absolute Gasteiger partial charge is 0.313 e. The highest BCUT2D eigenvalue weighted by atomic mass is 16.6. The summed E-state index contributed by atoms with van der Waals surface area (Å²) in [5.41, 5.74) is 0.806. The number of fused-ring (bicyclic) bond motifs is 2. The molecule has 2 fully saturated rings. The van der Waals surface area contributed by atoms with Gasteiger partial charge in [0.1, 0.15) is 6.10 Å². The van der Waals surface area contributed by atoms with Gasteiger partial charge in [0.2, 0.25) is 0 Å². The average Bonchev–Trinajstić information content (AvgIpc) is 3.11. The molecule has 0 spiro atoms. The highest BCUT2D eigenvalue weighted by molar-refractivity contribution is 5.84. The van der Waals surface area contributed by atoms with E-state index in [4.69, 9.17) is 4.74 Å². The van der Waals surface area contributed by atoms with Crippen LogP contribution in [0.25, 0.3) is 10.8 Å². The van der Waals surface area contributed by atoms with Crippen LogP contribution in [0.15, 0.2) is 55.1 Å². The number of esters is 1. The van der Waals surface area contributed by atoms with E-state index in [1.807, 2.05) is 6.08 Å². The predicted molar refractivity (Wildman–Crippen MR) is 92.1 cm³/mol. The van der Waals surface area contributed by atoms with Crippen molar-refractivity contribution in [2.45, 2.75) is 38.2 Å². The molecule has 0 amide bonds. The summed E-state index contributed by atoms with van der Waals surface area (Å²) < 4.78 is 5.73. The Morgan fingerprint density at radius 3 is 2.83 bits per heavy atom. The van der Waals surface area contributed by atoms with E-state index in [1.54, 1.807) is 0 Å². The SMILES string of the molecule is C=CC[C@@]1(Cc2ccc3ccccc3c2)C(=O)O[C@H]2CCC[C@@H]21. The number of benzene rings is 2. The molecule has 118 valence electrons. The molecular formula is C21H22O2. The molecule has 0 aromatic heterocycles. The van der Waals surface area contributed by atoms with Gasteiger partial charge in [-0.15, -0.1) is 6.58 Å². The Hall–Kier alpha value is -2.09. The zero-order chi connectivity index (χ0) is 15.9. The third kappa shape index (κ3) is 2.28. The highest BCUT2D eigenvalue weighted by Gasteiger charge is 2.57. The molecule has 1 saturated heterocycles. The highest BCUT2D eigenvalue weighted by Crippen LogP contribution is 2.52. The quantitative estimate of drug-likeness (QED) is 0.606. The van der Waals surface area contributed by atoms with Crippen molar-refractivity contribution >= 4 is 16.7 Å². The third-order valence-electron chi connectivity index (χ3n) is 5.67. The number of hydrogen-bond donors (Lipinski definition) is 0. The first-order chi connectivity index (χ1) is 11.2. The molecule has 23 heavy (non-hydrogen) atoms. The first kappa shape index (κ1) is 14.5. The van der Waals surface area contributed by atoms with Crippen LogP contribution in [0.1, 0.15) is 31.2 Å². The first-order valence-corrected chi connectivity index (χ1v) is 8.52. The van der Waals surface area contributed by atoms with Crippen molar-refractivity contribution < 1.29 is 9.53 Å². The fraction of sp³-hybridized carbons (Fsp3) is 0.381. The molecule has 2 heteroatoms. The minimum atomic E-state index is -0.411. The largest absolute Gasteiger partial charge is 0.462 e. The van der Waals surface area contributed by atoms with Crippen LogP contribution in [0.3, 0.4) is 0 Å². The van der Waals surface area contributed by atoms with Gasteiger partial charge in [0.05, 0.1) is 5.41 Å². The van der Waals surface area contributed by atoms with Gasteiger partial charge < -0.3 is 4.74 Å². The van der Waals surface area contributed by atoms with E-state index in [0.717, 1.165) is 19.3 Å². The Labute approximate surface area is 137 Å². The molecule has 1 saturated carbocycles. The number of carbonyl (C=O) groups excluding carboxylic acids is 1. The van der Waals surface area contributed by atoms with Gasteiger partial charge in [-0.3, -0.25) is 4.79 Å². The molecule has 2 aromatic carbocycles. The standard InChI is InChI=1S/C21H22O2/c1-2-12-21(18-8-5-9-19(18)23-20(21)22)14-15-10-11-16-6-3-4-7-17(16)13-15/h2-4,6-7,10-11,13,18-19H,1,5,8-9,12,14H2/t18-,19-,21-/m0/s1. The number of hydrogen-bond acceptors (Lipinski definition) is 2. The van der Waals surface area contributed by atoms with Crippen LogP contribution in [0, 0.1) is 11.3 Å². The second-order valence-corrected chi connectivity index (χ2v) is 6.99. The van der Waals surface area contributed by atoms with Crippen molar-refractivity contribution in [3.05, 3.63) is 60.7 Å². The van der Waals surface area contributed by atoms with Gasteiger partial charge in [0, 0.05) is 5.92 Å². The topological polar surface area (TPSA) is 26.3 Å². The van der Waals surface area contributed by atoms with Crippen molar-refractivity contribution in [1.29, 1.82) is 0 Å². The lowest BCUT2D eigenvalue weighted by atomic mass is 9.69. The summed E-state index contributed by atoms with van der Waals surface area (Å²) in [6, 6.07) is 14.9. The number of allylic oxidation sites excluding steroid dienone is 1. The Morgan fingerprint density at radius 1 is 1.17 bits per heavy atom. The fourth-order valence-corrected chi connectivity index (χ4v) is 4.59. The molecule has 2 nitrogen and oxygen atoms in total. The molecule has 2 aromatic rings. The van der Waals surface area contributed by atoms with Crippen LogP contribution in [-0.4, -0.2) is 12.1 Å². The van der Waals surface area contributed by atoms with E-state index in [0.29, 0.717) is 12.3 Å². The molecule has 0 radical (unpaired) electrons. The summed E-state index contributed by atoms with van der Waals surface area (Å²) in [5, 5.41) is 2.47. The molecule has 4 rings (SSSR count). The number of carbonyl (C=O) groups is 1. The second-order valence-electron chi connectivity index (χ2n) is 6.99. The van der Waals surface area contributed by atoms with Crippen LogP contribution in [0.4, 0.5) is 0 Å². The van der Waals surface area contributed by atoms with Crippen molar-refractivity contribution in [2.24, 2.45) is 11.3 Å². The van der Waals surface area contributed by atoms with Crippen LogP contribution >= 0.6 is 0 Å². The lowest BCUT2D eigenvalue weighted by molar-refractivity contribution is -0.149. The zero-order valence-electron chi connectivity index (χ0n) is 13.3. The van der Waals surface area contributed by atoms with Crippen LogP contribution in [0.2, 0.25) is 0 Å². The van der Waals surface area contributed by atoms with Crippen molar-refractivity contribution in [3.8, 4) is 0 Å². The van der Waals surface area contributed by atoms with Gasteiger partial charge in [-0.1, -0.05) is 48.5 Å². The molecule has 1 heterocycles. The number of ether oxygens (including phenoxy) is 1. The molecule has 3 atom stereocenters. The monoisotopic (exact) mass is 306 g/mol. The van der Waals surface area contributed by atoms with Gasteiger partial charge in [-0.05, 0) is 48.4 Å². The molecule has 1 aliphatic carbocycles. The Morgan fingerprint density at radius 2 is 2.00 bits per heavy atom. The predicted octanol–water partition coefficient (Wildman–Crippen LogP) is 4.67. The maximum Gasteiger partial charge on any atom is 0.313 e. The minimum absolute atomic E-state index is 0.0136. The molecule has 0 unspecified atom stereocenters. The summed E-state index contributed by atoms with van der Waals surface area (Å²) >= 11 is 0. The van der Waals surface area contributed by atoms with Crippen molar-refractivity contribution in [1.82, 2.24) is 0 Å². The summed E-state index contributed by atoms with van der Waals surface area (Å²) in [4.78, 5) is 12.7. The lowest BCUT2D eigenvalue weighted by Gasteiger charge is -2.29. The molecule has 0 bridgehead atoms. The summed E-state index contributed by atoms with van der Waals surface area (Å²) in [7, 11) is 0. The van der Waals surface area contributed by atoms with Crippen LogP contribution < -0.4 is 0 Å². The lowest BCUT2D eigenvalue weighted by Crippen LogP contribution is -2.35. The second kappa shape index (κ2) is 5.52. The van der Waals surface area contributed by atoms with E-state index < -0.39 is 5.41 Å². The summed E-state index contributed by atoms with van der Waals surface area (Å²) in [6.07, 6.45) is 6.76. The molecule has 0 N–H and O–H groups in total. The normalized spacial score (nSPS) is 29.5. The van der Waals surface area contributed by atoms with Gasteiger partial charge in [-0.25, -0.2) is 0 Å². The maximum absolute atomic E-state index is 12.7. The summed E-state index contributed by atoms with van der Waals surface area (Å²) in [5.74, 6) is 0.333. The minimum Gasteiger partial charge on any atom is -0.462 e. The van der Waals surface area contributed by atoms with E-state index in [1.165, 1.54) is 22.8 Å². The first-order valence-electron chi connectivity index (χ1n) is 8.52. The van der Waals surface area contributed by atoms with Crippen LogP contribution in [-0.2, 0) is 16.0 Å². The van der Waals surface area contributed by atoms with E-state index in [-0.39, 0.29) is 12.1 Å². The maximum atomic E-state index is 12.7. The van der Waals surface area contributed by atoms with E-state index in [9.17, 15) is 4.79 Å². The molecule has 1 aliphatic heterocycles. The van der Waals surface area contributed by atoms with Crippen LogP contribution in [0.5, 0.6) is 0 Å². The van der Waals surface area contributed by atoms with Gasteiger partial charge in [0.25, 0.3) is 0 Å². The third-order valence-corrected chi connectivity index (χ3v) is 5.67. The number of rotatable bonds is 4. The van der Waals surface area contributed by atoms with Gasteiger partial charge in [-0.2, -0.15) is 0 Å². The average molecular weight is 306 g/mol.